The molecule has 0 aliphatic carbocycles. The van der Waals surface area contributed by atoms with Crippen LogP contribution in [0.1, 0.15) is 11.4 Å². The first-order valence-electron chi connectivity index (χ1n) is 5.76. The molecule has 0 bridgehead atoms. The number of nitrogens with zero attached hydrogens (tertiary/aromatic N) is 3. The van der Waals surface area contributed by atoms with Gasteiger partial charge in [-0.3, -0.25) is 4.79 Å². The van der Waals surface area contributed by atoms with Crippen molar-refractivity contribution in [2.75, 3.05) is 24.3 Å². The number of carbonyl (C=O) groups is 1. The maximum atomic E-state index is 12.0. The molecule has 6 nitrogen and oxygen atoms in total. The second-order valence-corrected chi connectivity index (χ2v) is 9.07. The highest BCUT2D eigenvalue weighted by atomic mass is 32.2. The summed E-state index contributed by atoms with van der Waals surface area (Å²) in [5.41, 5.74) is 0. The molecule has 19 heavy (non-hydrogen) atoms. The van der Waals surface area contributed by atoms with Crippen molar-refractivity contribution in [3.8, 4) is 0 Å². The van der Waals surface area contributed by atoms with Gasteiger partial charge in [0.25, 0.3) is 0 Å². The van der Waals surface area contributed by atoms with Crippen LogP contribution in [-0.4, -0.2) is 59.8 Å². The first-order chi connectivity index (χ1) is 8.87. The molecule has 1 aliphatic rings. The molecule has 0 radical (unpaired) electrons. The lowest BCUT2D eigenvalue weighted by molar-refractivity contribution is -0.128. The zero-order chi connectivity index (χ0) is 14.0. The molecule has 1 atom stereocenters. The fourth-order valence-corrected chi connectivity index (χ4v) is 5.36. The van der Waals surface area contributed by atoms with Crippen molar-refractivity contribution in [3.63, 3.8) is 0 Å². The SMILES string of the molecule is Cc1nnc(SCC(=O)N(C)C2CCS(=O)(=O)C2)s1. The lowest BCUT2D eigenvalue weighted by Gasteiger charge is -2.22. The van der Waals surface area contributed by atoms with Crippen LogP contribution in [0, 0.1) is 6.92 Å². The summed E-state index contributed by atoms with van der Waals surface area (Å²) in [6.07, 6.45) is 0.535. The van der Waals surface area contributed by atoms with E-state index in [0.29, 0.717) is 6.42 Å². The third-order valence-corrected chi connectivity index (χ3v) is 6.68. The van der Waals surface area contributed by atoms with Gasteiger partial charge in [-0.2, -0.15) is 0 Å². The maximum Gasteiger partial charge on any atom is 0.233 e. The maximum absolute atomic E-state index is 12.0. The summed E-state index contributed by atoms with van der Waals surface area (Å²) >= 11 is 2.79. The third kappa shape index (κ3) is 3.90. The Morgan fingerprint density at radius 2 is 2.26 bits per heavy atom. The standard InChI is InChI=1S/C10H15N3O3S3/c1-7-11-12-10(18-7)17-5-9(14)13(2)8-3-4-19(15,16)6-8/h8H,3-6H2,1-2H3. The van der Waals surface area contributed by atoms with Crippen LogP contribution in [0.5, 0.6) is 0 Å². The van der Waals surface area contributed by atoms with Gasteiger partial charge in [-0.25, -0.2) is 8.42 Å². The Morgan fingerprint density at radius 3 is 2.79 bits per heavy atom. The summed E-state index contributed by atoms with van der Waals surface area (Å²) < 4.78 is 23.5. The van der Waals surface area contributed by atoms with E-state index < -0.39 is 9.84 Å². The zero-order valence-electron chi connectivity index (χ0n) is 10.7. The third-order valence-electron chi connectivity index (χ3n) is 2.98. The van der Waals surface area contributed by atoms with Crippen LogP contribution in [0.3, 0.4) is 0 Å². The predicted octanol–water partition coefficient (Wildman–Crippen LogP) is 0.584. The normalized spacial score (nSPS) is 21.5. The van der Waals surface area contributed by atoms with Crippen LogP contribution in [0.2, 0.25) is 0 Å². The number of aryl methyl sites for hydroxylation is 1. The van der Waals surface area contributed by atoms with Crippen molar-refractivity contribution in [1.29, 1.82) is 0 Å². The molecule has 1 fully saturated rings. The highest BCUT2D eigenvalue weighted by Crippen LogP contribution is 2.23. The number of sulfone groups is 1. The lowest BCUT2D eigenvalue weighted by Crippen LogP contribution is -2.38. The molecule has 0 saturated carbocycles. The molecule has 1 amide bonds. The van der Waals surface area contributed by atoms with Crippen LogP contribution in [0.25, 0.3) is 0 Å². The molecule has 1 saturated heterocycles. The number of amides is 1. The van der Waals surface area contributed by atoms with Gasteiger partial charge < -0.3 is 4.90 Å². The van der Waals surface area contributed by atoms with Crippen LogP contribution >= 0.6 is 23.1 Å². The van der Waals surface area contributed by atoms with Crippen LogP contribution in [-0.2, 0) is 14.6 Å². The number of thioether (sulfide) groups is 1. The smallest absolute Gasteiger partial charge is 0.233 e. The van der Waals surface area contributed by atoms with E-state index in [1.807, 2.05) is 6.92 Å². The molecule has 1 aromatic rings. The highest BCUT2D eigenvalue weighted by Gasteiger charge is 2.32. The van der Waals surface area contributed by atoms with E-state index in [-0.39, 0.29) is 29.2 Å². The van der Waals surface area contributed by atoms with E-state index in [4.69, 9.17) is 0 Å². The average Bonchev–Trinajstić information content (AvgIpc) is 2.91. The fraction of sp³-hybridized carbons (Fsp3) is 0.700. The minimum absolute atomic E-state index is 0.0695. The molecule has 0 spiro atoms. The van der Waals surface area contributed by atoms with E-state index in [0.717, 1.165) is 9.35 Å². The molecule has 1 unspecified atom stereocenters. The Kier molecular flexibility index (Phi) is 4.46. The monoisotopic (exact) mass is 321 g/mol. The van der Waals surface area contributed by atoms with Gasteiger partial charge in [-0.15, -0.1) is 10.2 Å². The van der Waals surface area contributed by atoms with Gasteiger partial charge in [0.05, 0.1) is 17.3 Å². The van der Waals surface area contributed by atoms with Crippen LogP contribution < -0.4 is 0 Å². The number of rotatable bonds is 4. The van der Waals surface area contributed by atoms with E-state index in [9.17, 15) is 13.2 Å². The van der Waals surface area contributed by atoms with Crippen LogP contribution in [0.4, 0.5) is 0 Å². The Balaban J connectivity index is 1.86. The highest BCUT2D eigenvalue weighted by molar-refractivity contribution is 8.01. The quantitative estimate of drug-likeness (QED) is 0.755. The van der Waals surface area contributed by atoms with Crippen molar-refractivity contribution in [2.24, 2.45) is 0 Å². The van der Waals surface area contributed by atoms with Crippen molar-refractivity contribution < 1.29 is 13.2 Å². The van der Waals surface area contributed by atoms with E-state index >= 15 is 0 Å². The first kappa shape index (κ1) is 14.7. The molecule has 1 aromatic heterocycles. The molecular formula is C10H15N3O3S3. The molecular weight excluding hydrogens is 306 g/mol. The summed E-state index contributed by atoms with van der Waals surface area (Å²) in [4.78, 5) is 13.5. The summed E-state index contributed by atoms with van der Waals surface area (Å²) in [7, 11) is -1.29. The topological polar surface area (TPSA) is 80.2 Å². The Labute approximate surface area is 120 Å². The number of hydrogen-bond acceptors (Lipinski definition) is 7. The second kappa shape index (κ2) is 5.76. The van der Waals surface area contributed by atoms with Crippen molar-refractivity contribution in [1.82, 2.24) is 15.1 Å². The second-order valence-electron chi connectivity index (χ2n) is 4.44. The molecule has 1 aliphatic heterocycles. The Hall–Kier alpha value is -0.670. The lowest BCUT2D eigenvalue weighted by atomic mass is 10.2. The van der Waals surface area contributed by atoms with Gasteiger partial charge in [0.2, 0.25) is 5.91 Å². The molecule has 106 valence electrons. The average molecular weight is 321 g/mol. The van der Waals surface area contributed by atoms with Gasteiger partial charge in [0.1, 0.15) is 5.01 Å². The molecule has 0 N–H and O–H groups in total. The minimum Gasteiger partial charge on any atom is -0.341 e. The minimum atomic E-state index is -2.96. The number of hydrogen-bond donors (Lipinski definition) is 0. The largest absolute Gasteiger partial charge is 0.341 e. The summed E-state index contributed by atoms with van der Waals surface area (Å²) in [5, 5.41) is 8.68. The zero-order valence-corrected chi connectivity index (χ0v) is 13.1. The fourth-order valence-electron chi connectivity index (χ4n) is 1.85. The Bertz CT molecular complexity index is 570. The van der Waals surface area contributed by atoms with E-state index in [2.05, 4.69) is 10.2 Å². The Morgan fingerprint density at radius 1 is 1.53 bits per heavy atom. The van der Waals surface area contributed by atoms with Gasteiger partial charge >= 0.3 is 0 Å². The number of aromatic nitrogens is 2. The van der Waals surface area contributed by atoms with Crippen molar-refractivity contribution in [3.05, 3.63) is 5.01 Å². The van der Waals surface area contributed by atoms with E-state index in [1.54, 1.807) is 11.9 Å². The van der Waals surface area contributed by atoms with Crippen molar-refractivity contribution >= 4 is 38.8 Å². The van der Waals surface area contributed by atoms with Gasteiger partial charge in [-0.05, 0) is 13.3 Å². The predicted molar refractivity (Wildman–Crippen MR) is 75.2 cm³/mol. The molecule has 0 aromatic carbocycles. The van der Waals surface area contributed by atoms with Crippen molar-refractivity contribution in [2.45, 2.75) is 23.7 Å². The molecule has 2 rings (SSSR count). The van der Waals surface area contributed by atoms with Crippen LogP contribution in [0.15, 0.2) is 4.34 Å². The first-order valence-corrected chi connectivity index (χ1v) is 9.39. The summed E-state index contributed by atoms with van der Waals surface area (Å²) in [6.45, 7) is 1.86. The van der Waals surface area contributed by atoms with Gasteiger partial charge in [-0.1, -0.05) is 23.1 Å². The summed E-state index contributed by atoms with van der Waals surface area (Å²) in [5.74, 6) is 0.456. The molecule has 2 heterocycles. The van der Waals surface area contributed by atoms with Gasteiger partial charge in [0.15, 0.2) is 14.2 Å². The number of carbonyl (C=O) groups excluding carboxylic acids is 1. The van der Waals surface area contributed by atoms with Gasteiger partial charge in [0, 0.05) is 13.1 Å². The summed E-state index contributed by atoms with van der Waals surface area (Å²) in [6, 6.07) is -0.186. The van der Waals surface area contributed by atoms with E-state index in [1.165, 1.54) is 23.1 Å². The molecule has 9 heteroatoms.